The van der Waals surface area contributed by atoms with Gasteiger partial charge in [-0.25, -0.2) is 0 Å². The average molecular weight is 388 g/mol. The molecule has 0 bridgehead atoms. The first kappa shape index (κ1) is 27.3. The Morgan fingerprint density at radius 3 is 1.20 bits per heavy atom. The summed E-state index contributed by atoms with van der Waals surface area (Å²) in [6.45, 7) is 0. The molecular formula is C6H14Na2O8S4. The summed E-state index contributed by atoms with van der Waals surface area (Å²) >= 11 is 0. The van der Waals surface area contributed by atoms with Gasteiger partial charge in [0.2, 0.25) is 0 Å². The Hall–Kier alpha value is 2.44. The quantitative estimate of drug-likeness (QED) is 0.153. The maximum atomic E-state index is 10.4. The van der Waals surface area contributed by atoms with E-state index in [0.717, 1.165) is 21.6 Å². The van der Waals surface area contributed by atoms with Crippen molar-refractivity contribution in [2.24, 2.45) is 0 Å². The summed E-state index contributed by atoms with van der Waals surface area (Å²) in [5.41, 5.74) is 0. The van der Waals surface area contributed by atoms with E-state index in [4.69, 9.17) is 19.3 Å². The molecule has 0 aromatic heterocycles. The number of hydrogen-bond donors (Lipinski definition) is 4. The van der Waals surface area contributed by atoms with Gasteiger partial charge in [-0.15, -0.1) is 0 Å². The number of hydrogen-bond acceptors (Lipinski definition) is 8. The maximum absolute atomic E-state index is 10.4. The van der Waals surface area contributed by atoms with Gasteiger partial charge in [-0.05, 0) is 0 Å². The van der Waals surface area contributed by atoms with E-state index in [9.17, 15) is 16.8 Å². The molecule has 2 atom stereocenters. The van der Waals surface area contributed by atoms with E-state index in [1.807, 2.05) is 0 Å². The first-order chi connectivity index (χ1) is 7.99. The Labute approximate surface area is 170 Å². The fourth-order valence-electron chi connectivity index (χ4n) is 0.836. The molecule has 112 valence electrons. The molecule has 0 aliphatic heterocycles. The summed E-state index contributed by atoms with van der Waals surface area (Å²) in [5, 5.41) is 18.3. The third-order valence-electron chi connectivity index (χ3n) is 1.41. The van der Waals surface area contributed by atoms with Crippen LogP contribution in [0, 0.1) is 0 Å². The van der Waals surface area contributed by atoms with E-state index in [1.54, 1.807) is 0 Å². The van der Waals surface area contributed by atoms with Gasteiger partial charge in [-0.3, -0.25) is 9.11 Å². The van der Waals surface area contributed by atoms with Crippen molar-refractivity contribution < 1.29 is 36.2 Å². The van der Waals surface area contributed by atoms with Gasteiger partial charge < -0.3 is 10.2 Å². The maximum Gasteiger partial charge on any atom is 0.267 e. The van der Waals surface area contributed by atoms with Crippen molar-refractivity contribution in [2.75, 3.05) is 23.0 Å². The van der Waals surface area contributed by atoms with Crippen molar-refractivity contribution in [3.63, 3.8) is 0 Å². The van der Waals surface area contributed by atoms with Crippen LogP contribution in [0.4, 0.5) is 0 Å². The summed E-state index contributed by atoms with van der Waals surface area (Å²) in [6, 6.07) is 0. The standard InChI is InChI=1S/C6H14O8S4.2Na/c7-5(3-17(9,10)11)1-15-16-2-6(8)4-18(12,13)14;;/h5-8H,1-4H2,(H,9,10,11)(H,12,13,14);;. The first-order valence-electron chi connectivity index (χ1n) is 4.50. The molecule has 0 aliphatic carbocycles. The Morgan fingerprint density at radius 2 is 1.00 bits per heavy atom. The molecule has 8 nitrogen and oxygen atoms in total. The summed E-state index contributed by atoms with van der Waals surface area (Å²) < 4.78 is 58.4. The zero-order valence-corrected chi connectivity index (χ0v) is 18.3. The third kappa shape index (κ3) is 20.4. The molecule has 0 amide bonds. The second-order valence-corrected chi connectivity index (χ2v) is 8.92. The summed E-state index contributed by atoms with van der Waals surface area (Å²) in [5.74, 6) is -1.59. The molecule has 0 aromatic rings. The van der Waals surface area contributed by atoms with Crippen molar-refractivity contribution in [1.29, 1.82) is 0 Å². The Bertz CT molecular complexity index is 396. The molecule has 20 heavy (non-hydrogen) atoms. The van der Waals surface area contributed by atoms with Gasteiger partial charge in [0.15, 0.2) is 0 Å². The van der Waals surface area contributed by atoms with E-state index < -0.39 is 43.9 Å². The van der Waals surface area contributed by atoms with Crippen molar-refractivity contribution in [2.45, 2.75) is 12.2 Å². The van der Waals surface area contributed by atoms with Crippen LogP contribution in [-0.2, 0) is 20.2 Å². The van der Waals surface area contributed by atoms with Crippen molar-refractivity contribution in [1.82, 2.24) is 0 Å². The predicted molar refractivity (Wildman–Crippen MR) is 81.3 cm³/mol. The molecule has 0 heterocycles. The Morgan fingerprint density at radius 1 is 0.750 bits per heavy atom. The van der Waals surface area contributed by atoms with Crippen LogP contribution in [0.2, 0.25) is 0 Å². The van der Waals surface area contributed by atoms with Crippen LogP contribution in [0.3, 0.4) is 0 Å². The van der Waals surface area contributed by atoms with Crippen LogP contribution in [0.1, 0.15) is 0 Å². The van der Waals surface area contributed by atoms with Crippen molar-refractivity contribution in [3.05, 3.63) is 0 Å². The molecule has 0 spiro atoms. The van der Waals surface area contributed by atoms with Crippen molar-refractivity contribution in [3.8, 4) is 0 Å². The molecular weight excluding hydrogens is 374 g/mol. The van der Waals surface area contributed by atoms with Crippen LogP contribution >= 0.6 is 21.6 Å². The van der Waals surface area contributed by atoms with Gasteiger partial charge in [0.1, 0.15) is 11.5 Å². The summed E-state index contributed by atoms with van der Waals surface area (Å²) in [7, 11) is -6.45. The minimum atomic E-state index is -4.24. The van der Waals surface area contributed by atoms with Gasteiger partial charge in [0, 0.05) is 70.6 Å². The third-order valence-corrected chi connectivity index (χ3v) is 5.55. The van der Waals surface area contributed by atoms with Crippen LogP contribution in [-0.4, -0.2) is 130 Å². The molecule has 0 saturated carbocycles. The van der Waals surface area contributed by atoms with Crippen LogP contribution in [0.5, 0.6) is 0 Å². The zero-order chi connectivity index (χ0) is 14.4. The average Bonchev–Trinajstić information content (AvgIpc) is 2.06. The summed E-state index contributed by atoms with van der Waals surface area (Å²) in [4.78, 5) is 0. The number of rotatable bonds is 9. The Kier molecular flexibility index (Phi) is 17.5. The van der Waals surface area contributed by atoms with Crippen LogP contribution < -0.4 is 0 Å². The van der Waals surface area contributed by atoms with Gasteiger partial charge in [-0.2, -0.15) is 16.8 Å². The summed E-state index contributed by atoms with van der Waals surface area (Å²) in [6.07, 6.45) is -2.51. The smallest absolute Gasteiger partial charge is 0.267 e. The fraction of sp³-hybridized carbons (Fsp3) is 1.00. The van der Waals surface area contributed by atoms with Gasteiger partial charge in [0.05, 0.1) is 12.2 Å². The van der Waals surface area contributed by atoms with Crippen molar-refractivity contribution >= 4 is 101 Å². The molecule has 2 unspecified atom stereocenters. The Balaban J connectivity index is -0.00000144. The molecule has 0 rings (SSSR count). The molecule has 0 fully saturated rings. The fourth-order valence-corrected chi connectivity index (χ4v) is 4.60. The van der Waals surface area contributed by atoms with E-state index in [-0.39, 0.29) is 70.6 Å². The first-order valence-corrected chi connectivity index (χ1v) is 10.2. The van der Waals surface area contributed by atoms with Crippen LogP contribution in [0.25, 0.3) is 0 Å². The van der Waals surface area contributed by atoms with E-state index in [1.165, 1.54) is 0 Å². The largest absolute Gasteiger partial charge is 0.391 e. The molecule has 14 heteroatoms. The zero-order valence-electron chi connectivity index (χ0n) is 11.0. The predicted octanol–water partition coefficient (Wildman–Crippen LogP) is -1.90. The topological polar surface area (TPSA) is 149 Å². The van der Waals surface area contributed by atoms with Gasteiger partial charge in [0.25, 0.3) is 20.2 Å². The van der Waals surface area contributed by atoms with E-state index in [2.05, 4.69) is 0 Å². The molecule has 0 aliphatic rings. The van der Waals surface area contributed by atoms with E-state index >= 15 is 0 Å². The number of aliphatic hydroxyl groups excluding tert-OH is 2. The van der Waals surface area contributed by atoms with Gasteiger partial charge in [-0.1, -0.05) is 21.6 Å². The molecule has 0 saturated heterocycles. The molecule has 4 N–H and O–H groups in total. The second-order valence-electron chi connectivity index (χ2n) is 3.37. The number of aliphatic hydroxyl groups is 2. The normalized spacial score (nSPS) is 14.8. The SMILES string of the molecule is O=S(=O)(O)CC(O)CSSCC(O)CS(=O)(=O)O.[Na].[Na]. The second kappa shape index (κ2) is 12.8. The van der Waals surface area contributed by atoms with E-state index in [0.29, 0.717) is 0 Å². The minimum Gasteiger partial charge on any atom is -0.391 e. The monoisotopic (exact) mass is 388 g/mol. The van der Waals surface area contributed by atoms with Gasteiger partial charge >= 0.3 is 0 Å². The minimum absolute atomic E-state index is 0. The molecule has 0 aromatic carbocycles. The molecule has 2 radical (unpaired) electrons. The van der Waals surface area contributed by atoms with Crippen LogP contribution in [0.15, 0.2) is 0 Å².